The van der Waals surface area contributed by atoms with Crippen LogP contribution in [0.25, 0.3) is 0 Å². The summed E-state index contributed by atoms with van der Waals surface area (Å²) in [6, 6.07) is 2.66. The summed E-state index contributed by atoms with van der Waals surface area (Å²) in [6.07, 6.45) is 0.150. The summed E-state index contributed by atoms with van der Waals surface area (Å²) in [4.78, 5) is 24.6. The van der Waals surface area contributed by atoms with Crippen LogP contribution >= 0.6 is 0 Å². The number of hydrogen-bond acceptors (Lipinski definition) is 3. The SMILES string of the molecule is CC(N)CC(=O)NC1CC(=O)N(c2c(F)cccc2F)C1. The Morgan fingerprint density at radius 1 is 1.48 bits per heavy atom. The van der Waals surface area contributed by atoms with E-state index in [0.717, 1.165) is 17.0 Å². The van der Waals surface area contributed by atoms with Gasteiger partial charge in [0.25, 0.3) is 0 Å². The predicted octanol–water partition coefficient (Wildman–Crippen LogP) is 0.924. The smallest absolute Gasteiger partial charge is 0.229 e. The van der Waals surface area contributed by atoms with Crippen molar-refractivity contribution in [2.45, 2.75) is 31.8 Å². The minimum atomic E-state index is -0.800. The molecule has 3 N–H and O–H groups in total. The number of para-hydroxylation sites is 1. The third kappa shape index (κ3) is 3.55. The minimum Gasteiger partial charge on any atom is -0.351 e. The first-order valence-corrected chi connectivity index (χ1v) is 6.67. The maximum Gasteiger partial charge on any atom is 0.229 e. The molecule has 2 unspecified atom stereocenters. The van der Waals surface area contributed by atoms with Crippen LogP contribution in [0.3, 0.4) is 0 Å². The topological polar surface area (TPSA) is 75.4 Å². The van der Waals surface area contributed by atoms with E-state index >= 15 is 0 Å². The summed E-state index contributed by atoms with van der Waals surface area (Å²) in [7, 11) is 0. The lowest BCUT2D eigenvalue weighted by atomic mass is 10.2. The number of rotatable bonds is 4. The second-order valence-electron chi connectivity index (χ2n) is 5.22. The Balaban J connectivity index is 2.08. The van der Waals surface area contributed by atoms with Crippen LogP contribution in [0.15, 0.2) is 18.2 Å². The van der Waals surface area contributed by atoms with E-state index in [0.29, 0.717) is 0 Å². The third-order valence-corrected chi connectivity index (χ3v) is 3.20. The molecule has 0 spiro atoms. The van der Waals surface area contributed by atoms with Crippen LogP contribution in [0.4, 0.5) is 14.5 Å². The molecule has 5 nitrogen and oxygen atoms in total. The number of halogens is 2. The molecular weight excluding hydrogens is 280 g/mol. The van der Waals surface area contributed by atoms with Crippen molar-refractivity contribution in [3.05, 3.63) is 29.8 Å². The minimum absolute atomic E-state index is 0.0124. The quantitative estimate of drug-likeness (QED) is 0.868. The van der Waals surface area contributed by atoms with Crippen LogP contribution < -0.4 is 16.0 Å². The van der Waals surface area contributed by atoms with E-state index < -0.39 is 23.6 Å². The molecule has 0 aliphatic carbocycles. The van der Waals surface area contributed by atoms with Crippen molar-refractivity contribution in [1.29, 1.82) is 0 Å². The molecule has 1 heterocycles. The van der Waals surface area contributed by atoms with E-state index in [-0.39, 0.29) is 37.0 Å². The average Bonchev–Trinajstić information content (AvgIpc) is 2.68. The van der Waals surface area contributed by atoms with E-state index in [2.05, 4.69) is 5.32 Å². The summed E-state index contributed by atoms with van der Waals surface area (Å²) >= 11 is 0. The molecule has 114 valence electrons. The molecule has 7 heteroatoms. The second kappa shape index (κ2) is 6.17. The third-order valence-electron chi connectivity index (χ3n) is 3.20. The average molecular weight is 297 g/mol. The van der Waals surface area contributed by atoms with Crippen LogP contribution in [0.2, 0.25) is 0 Å². The van der Waals surface area contributed by atoms with Gasteiger partial charge in [0.15, 0.2) is 0 Å². The first-order valence-electron chi connectivity index (χ1n) is 6.67. The molecule has 2 amide bonds. The summed E-state index contributed by atoms with van der Waals surface area (Å²) in [5, 5.41) is 2.65. The van der Waals surface area contributed by atoms with Gasteiger partial charge in [-0.05, 0) is 19.1 Å². The van der Waals surface area contributed by atoms with Gasteiger partial charge in [0.05, 0.1) is 6.04 Å². The fourth-order valence-electron chi connectivity index (χ4n) is 2.35. The molecule has 1 saturated heterocycles. The summed E-state index contributed by atoms with van der Waals surface area (Å²) in [5.41, 5.74) is 5.15. The van der Waals surface area contributed by atoms with Gasteiger partial charge >= 0.3 is 0 Å². The van der Waals surface area contributed by atoms with Crippen molar-refractivity contribution >= 4 is 17.5 Å². The van der Waals surface area contributed by atoms with Gasteiger partial charge in [0.1, 0.15) is 17.3 Å². The molecule has 1 aliphatic rings. The molecule has 2 rings (SSSR count). The first-order chi connectivity index (χ1) is 9.88. The molecule has 0 saturated carbocycles. The highest BCUT2D eigenvalue weighted by molar-refractivity contribution is 5.97. The van der Waals surface area contributed by atoms with Gasteiger partial charge in [-0.3, -0.25) is 9.59 Å². The maximum atomic E-state index is 13.7. The Labute approximate surface area is 121 Å². The van der Waals surface area contributed by atoms with Gasteiger partial charge in [-0.1, -0.05) is 6.07 Å². The Morgan fingerprint density at radius 2 is 2.10 bits per heavy atom. The van der Waals surface area contributed by atoms with E-state index in [1.807, 2.05) is 0 Å². The molecule has 1 aromatic carbocycles. The number of nitrogens with one attached hydrogen (secondary N) is 1. The van der Waals surface area contributed by atoms with E-state index in [1.54, 1.807) is 6.92 Å². The highest BCUT2D eigenvalue weighted by Gasteiger charge is 2.34. The zero-order valence-corrected chi connectivity index (χ0v) is 11.6. The second-order valence-corrected chi connectivity index (χ2v) is 5.22. The Morgan fingerprint density at radius 3 is 2.67 bits per heavy atom. The molecule has 1 aliphatic heterocycles. The maximum absolute atomic E-state index is 13.7. The van der Waals surface area contributed by atoms with Crippen LogP contribution in [-0.4, -0.2) is 30.4 Å². The fourth-order valence-corrected chi connectivity index (χ4v) is 2.35. The van der Waals surface area contributed by atoms with Crippen LogP contribution in [-0.2, 0) is 9.59 Å². The summed E-state index contributed by atoms with van der Waals surface area (Å²) in [6.45, 7) is 1.74. The first kappa shape index (κ1) is 15.4. The molecular formula is C14H17F2N3O2. The summed E-state index contributed by atoms with van der Waals surface area (Å²) < 4.78 is 27.4. The van der Waals surface area contributed by atoms with Gasteiger partial charge < -0.3 is 16.0 Å². The van der Waals surface area contributed by atoms with Crippen molar-refractivity contribution < 1.29 is 18.4 Å². The normalized spacial score (nSPS) is 19.7. The monoisotopic (exact) mass is 297 g/mol. The van der Waals surface area contributed by atoms with E-state index in [4.69, 9.17) is 5.73 Å². The molecule has 2 atom stereocenters. The summed E-state index contributed by atoms with van der Waals surface area (Å²) in [5.74, 6) is -2.31. The lowest BCUT2D eigenvalue weighted by molar-refractivity contribution is -0.122. The molecule has 0 radical (unpaired) electrons. The number of carbonyl (C=O) groups excluding carboxylic acids is 2. The molecule has 0 bridgehead atoms. The van der Waals surface area contributed by atoms with Crippen molar-refractivity contribution in [2.24, 2.45) is 5.73 Å². The van der Waals surface area contributed by atoms with Gasteiger partial charge in [-0.15, -0.1) is 0 Å². The van der Waals surface area contributed by atoms with Crippen molar-refractivity contribution in [2.75, 3.05) is 11.4 Å². The lowest BCUT2D eigenvalue weighted by Gasteiger charge is -2.18. The Hall–Kier alpha value is -2.02. The highest BCUT2D eigenvalue weighted by atomic mass is 19.1. The molecule has 0 aromatic heterocycles. The van der Waals surface area contributed by atoms with Crippen molar-refractivity contribution in [3.63, 3.8) is 0 Å². The Kier molecular flexibility index (Phi) is 4.52. The number of anilines is 1. The largest absolute Gasteiger partial charge is 0.351 e. The highest BCUT2D eigenvalue weighted by Crippen LogP contribution is 2.27. The molecule has 1 aromatic rings. The van der Waals surface area contributed by atoms with E-state index in [9.17, 15) is 18.4 Å². The number of nitrogens with zero attached hydrogens (tertiary/aromatic N) is 1. The van der Waals surface area contributed by atoms with Gasteiger partial charge in [0.2, 0.25) is 11.8 Å². The van der Waals surface area contributed by atoms with Gasteiger partial charge in [0, 0.05) is 25.4 Å². The van der Waals surface area contributed by atoms with Crippen LogP contribution in [0.1, 0.15) is 19.8 Å². The standard InChI is InChI=1S/C14H17F2N3O2/c1-8(17)5-12(20)18-9-6-13(21)19(7-9)14-10(15)3-2-4-11(14)16/h2-4,8-9H,5-7,17H2,1H3,(H,18,20). The van der Waals surface area contributed by atoms with E-state index in [1.165, 1.54) is 6.07 Å². The zero-order valence-electron chi connectivity index (χ0n) is 11.6. The number of benzene rings is 1. The number of carbonyl (C=O) groups is 2. The number of amides is 2. The van der Waals surface area contributed by atoms with Crippen molar-refractivity contribution in [1.82, 2.24) is 5.32 Å². The fraction of sp³-hybridized carbons (Fsp3) is 0.429. The molecule has 1 fully saturated rings. The zero-order chi connectivity index (χ0) is 15.6. The lowest BCUT2D eigenvalue weighted by Crippen LogP contribution is -2.39. The Bertz CT molecular complexity index is 543. The van der Waals surface area contributed by atoms with Crippen LogP contribution in [0, 0.1) is 11.6 Å². The number of nitrogens with two attached hydrogens (primary N) is 1. The number of hydrogen-bond donors (Lipinski definition) is 2. The molecule has 21 heavy (non-hydrogen) atoms. The van der Waals surface area contributed by atoms with Crippen LogP contribution in [0.5, 0.6) is 0 Å². The van der Waals surface area contributed by atoms with Gasteiger partial charge in [-0.25, -0.2) is 8.78 Å². The van der Waals surface area contributed by atoms with Crippen molar-refractivity contribution in [3.8, 4) is 0 Å². The van der Waals surface area contributed by atoms with Gasteiger partial charge in [-0.2, -0.15) is 0 Å². The predicted molar refractivity (Wildman–Crippen MR) is 73.5 cm³/mol.